The van der Waals surface area contributed by atoms with Gasteiger partial charge < -0.3 is 15.0 Å². The third-order valence-electron chi connectivity index (χ3n) is 7.29. The number of hydroxylamine groups is 2. The Balaban J connectivity index is 1.35. The zero-order valence-corrected chi connectivity index (χ0v) is 25.4. The Morgan fingerprint density at radius 3 is 2.34 bits per heavy atom. The first-order chi connectivity index (χ1) is 20.8. The van der Waals surface area contributed by atoms with Crippen LogP contribution in [0.4, 0.5) is 18.9 Å². The van der Waals surface area contributed by atoms with Gasteiger partial charge in [-0.05, 0) is 60.2 Å². The predicted octanol–water partition coefficient (Wildman–Crippen LogP) is 5.00. The van der Waals surface area contributed by atoms with E-state index in [0.717, 1.165) is 28.4 Å². The van der Waals surface area contributed by atoms with Gasteiger partial charge in [-0.25, -0.2) is 13.5 Å². The summed E-state index contributed by atoms with van der Waals surface area (Å²) in [5.41, 5.74) is 1.41. The Morgan fingerprint density at radius 1 is 1.05 bits per heavy atom. The van der Waals surface area contributed by atoms with Crippen LogP contribution < -0.4 is 15.0 Å². The van der Waals surface area contributed by atoms with Crippen LogP contribution in [0, 0.1) is 0 Å². The average Bonchev–Trinajstić information content (AvgIpc) is 3.47. The third-order valence-corrected chi connectivity index (χ3v) is 9.04. The number of nitrogens with one attached hydrogen (secondary N) is 1. The highest BCUT2D eigenvalue weighted by atomic mass is 32.2. The van der Waals surface area contributed by atoms with E-state index in [9.17, 15) is 31.2 Å². The van der Waals surface area contributed by atoms with Crippen molar-refractivity contribution in [2.24, 2.45) is 0 Å². The molecule has 1 N–H and O–H groups in total. The van der Waals surface area contributed by atoms with E-state index in [1.807, 2.05) is 12.1 Å². The van der Waals surface area contributed by atoms with Crippen molar-refractivity contribution in [3.63, 3.8) is 0 Å². The minimum Gasteiger partial charge on any atom is -0.488 e. The first kappa shape index (κ1) is 32.8. The number of anilines is 1. The van der Waals surface area contributed by atoms with Gasteiger partial charge in [-0.15, -0.1) is 0 Å². The summed E-state index contributed by atoms with van der Waals surface area (Å²) < 4.78 is 70.0. The first-order valence-electron chi connectivity index (χ1n) is 14.0. The number of carbonyl (C=O) groups is 2. The number of benzene rings is 3. The smallest absolute Gasteiger partial charge is 0.416 e. The molecule has 13 heteroatoms. The Labute approximate surface area is 254 Å². The van der Waals surface area contributed by atoms with Crippen molar-refractivity contribution in [3.05, 3.63) is 89.0 Å². The second-order valence-corrected chi connectivity index (χ2v) is 12.6. The van der Waals surface area contributed by atoms with Crippen LogP contribution in [0.2, 0.25) is 0 Å². The van der Waals surface area contributed by atoms with E-state index in [4.69, 9.17) is 9.57 Å². The van der Waals surface area contributed by atoms with Crippen LogP contribution in [0.3, 0.4) is 0 Å². The molecule has 1 aliphatic rings. The van der Waals surface area contributed by atoms with Crippen molar-refractivity contribution >= 4 is 27.3 Å². The van der Waals surface area contributed by atoms with E-state index in [2.05, 4.69) is 10.2 Å². The number of alkyl halides is 3. The molecule has 1 fully saturated rings. The number of ether oxygens (including phenoxy) is 1. The van der Waals surface area contributed by atoms with Gasteiger partial charge in [-0.3, -0.25) is 14.4 Å². The molecule has 0 saturated carbocycles. The van der Waals surface area contributed by atoms with Crippen molar-refractivity contribution in [2.75, 3.05) is 30.8 Å². The zero-order valence-electron chi connectivity index (χ0n) is 24.6. The van der Waals surface area contributed by atoms with Crippen LogP contribution >= 0.6 is 0 Å². The molecular weight excluding hydrogens is 599 g/mol. The molecule has 0 aliphatic carbocycles. The van der Waals surface area contributed by atoms with Gasteiger partial charge in [0.05, 0.1) is 22.8 Å². The molecule has 1 saturated heterocycles. The van der Waals surface area contributed by atoms with Crippen molar-refractivity contribution in [3.8, 4) is 5.75 Å². The largest absolute Gasteiger partial charge is 0.488 e. The molecule has 0 radical (unpaired) electrons. The maximum absolute atomic E-state index is 13.3. The lowest BCUT2D eigenvalue weighted by atomic mass is 10.1. The Hall–Kier alpha value is -4.10. The maximum atomic E-state index is 13.3. The fourth-order valence-electron chi connectivity index (χ4n) is 4.57. The molecule has 1 heterocycles. The fourth-order valence-corrected chi connectivity index (χ4v) is 5.45. The lowest BCUT2D eigenvalue weighted by molar-refractivity contribution is -0.180. The Kier molecular flexibility index (Phi) is 10.2. The van der Waals surface area contributed by atoms with Crippen LogP contribution in [-0.4, -0.2) is 57.3 Å². The molecule has 0 unspecified atom stereocenters. The highest BCUT2D eigenvalue weighted by Crippen LogP contribution is 2.34. The second-order valence-electron chi connectivity index (χ2n) is 10.4. The normalized spacial score (nSPS) is 15.2. The second kappa shape index (κ2) is 13.7. The number of hydrogen-bond donors (Lipinski definition) is 1. The molecule has 2 amide bonds. The van der Waals surface area contributed by atoms with Crippen LogP contribution in [0.5, 0.6) is 5.75 Å². The van der Waals surface area contributed by atoms with Gasteiger partial charge in [0.25, 0.3) is 5.91 Å². The van der Waals surface area contributed by atoms with Gasteiger partial charge in [0.15, 0.2) is 9.84 Å². The minimum atomic E-state index is -4.54. The highest BCUT2D eigenvalue weighted by molar-refractivity contribution is 7.91. The molecule has 0 aromatic heterocycles. The number of hydrogen-bond acceptors (Lipinski definition) is 7. The van der Waals surface area contributed by atoms with Crippen LogP contribution in [0.1, 0.15) is 47.3 Å². The molecule has 236 valence electrons. The van der Waals surface area contributed by atoms with Crippen molar-refractivity contribution < 1.29 is 40.8 Å². The Bertz CT molecular complexity index is 1580. The number of rotatable bonds is 11. The van der Waals surface area contributed by atoms with Gasteiger partial charge in [0, 0.05) is 50.3 Å². The predicted molar refractivity (Wildman–Crippen MR) is 158 cm³/mol. The molecule has 0 spiro atoms. The SMILES string of the molecule is CCS(=O)(=O)c1ccc(CNC(=O)c2ccc(N3CC[C@@H](Oc4ccc(C(F)(F)F)cc4CON(C)C(C)=O)C3)cc2)cc1. The van der Waals surface area contributed by atoms with E-state index < -0.39 is 27.5 Å². The fraction of sp³-hybridized carbons (Fsp3) is 0.355. The van der Waals surface area contributed by atoms with Gasteiger partial charge in [-0.1, -0.05) is 19.1 Å². The quantitative estimate of drug-likeness (QED) is 0.297. The summed E-state index contributed by atoms with van der Waals surface area (Å²) >= 11 is 0. The summed E-state index contributed by atoms with van der Waals surface area (Å²) in [6.07, 6.45) is -4.23. The number of halogens is 3. The third kappa shape index (κ3) is 8.29. The number of nitrogens with zero attached hydrogens (tertiary/aromatic N) is 2. The molecular formula is C31H34F3N3O6S. The summed E-state index contributed by atoms with van der Waals surface area (Å²) in [5.74, 6) is -0.417. The first-order valence-corrected chi connectivity index (χ1v) is 15.6. The molecule has 3 aromatic carbocycles. The van der Waals surface area contributed by atoms with E-state index in [0.29, 0.717) is 25.1 Å². The van der Waals surface area contributed by atoms with Crippen molar-refractivity contribution in [1.29, 1.82) is 0 Å². The zero-order chi connectivity index (χ0) is 32.1. The number of amides is 2. The van der Waals surface area contributed by atoms with Gasteiger partial charge >= 0.3 is 6.18 Å². The standard InChI is InChI=1S/C31H34F3N3O6S/c1-4-44(40,41)28-12-5-22(6-13-28)18-35-30(39)23-7-10-26(11-8-23)37-16-15-27(19-37)43-29-14-9-25(31(32,33)34)17-24(29)20-42-36(3)21(2)38/h5-14,17,27H,4,15-16,18-20H2,1-3H3,(H,35,39)/t27-/m1/s1. The van der Waals surface area contributed by atoms with Gasteiger partial charge in [0.1, 0.15) is 18.5 Å². The summed E-state index contributed by atoms with van der Waals surface area (Å²) in [6.45, 7) is 3.94. The Morgan fingerprint density at radius 2 is 1.73 bits per heavy atom. The molecule has 3 aromatic rings. The summed E-state index contributed by atoms with van der Waals surface area (Å²) in [7, 11) is -1.91. The maximum Gasteiger partial charge on any atom is 0.416 e. The number of sulfone groups is 1. The molecule has 9 nitrogen and oxygen atoms in total. The highest BCUT2D eigenvalue weighted by Gasteiger charge is 2.32. The summed E-state index contributed by atoms with van der Waals surface area (Å²) in [6, 6.07) is 16.6. The average molecular weight is 634 g/mol. The van der Waals surface area contributed by atoms with Crippen LogP contribution in [-0.2, 0) is 38.8 Å². The minimum absolute atomic E-state index is 0.0148. The van der Waals surface area contributed by atoms with Gasteiger partial charge in [-0.2, -0.15) is 13.2 Å². The molecule has 1 atom stereocenters. The summed E-state index contributed by atoms with van der Waals surface area (Å²) in [5, 5.41) is 3.78. The van der Waals surface area contributed by atoms with Gasteiger partial charge in [0.2, 0.25) is 5.91 Å². The molecule has 1 aliphatic heterocycles. The van der Waals surface area contributed by atoms with Crippen LogP contribution in [0.25, 0.3) is 0 Å². The van der Waals surface area contributed by atoms with E-state index >= 15 is 0 Å². The van der Waals surface area contributed by atoms with Crippen LogP contribution in [0.15, 0.2) is 71.6 Å². The molecule has 44 heavy (non-hydrogen) atoms. The monoisotopic (exact) mass is 633 g/mol. The number of carbonyl (C=O) groups excluding carboxylic acids is 2. The van der Waals surface area contributed by atoms with Crippen molar-refractivity contribution in [1.82, 2.24) is 10.4 Å². The van der Waals surface area contributed by atoms with Crippen molar-refractivity contribution in [2.45, 2.75) is 50.6 Å². The topological polar surface area (TPSA) is 105 Å². The lowest BCUT2D eigenvalue weighted by Gasteiger charge is -2.22. The van der Waals surface area contributed by atoms with E-state index in [-0.39, 0.29) is 47.1 Å². The summed E-state index contributed by atoms with van der Waals surface area (Å²) in [4.78, 5) is 31.8. The lowest BCUT2D eigenvalue weighted by Crippen LogP contribution is -2.26. The van der Waals surface area contributed by atoms with E-state index in [1.165, 1.54) is 32.2 Å². The van der Waals surface area contributed by atoms with E-state index in [1.54, 1.807) is 31.2 Å². The molecule has 0 bridgehead atoms. The molecule has 4 rings (SSSR count).